The van der Waals surface area contributed by atoms with Crippen LogP contribution >= 0.6 is 0 Å². The largest absolute Gasteiger partial charge is 0.312 e. The van der Waals surface area contributed by atoms with Gasteiger partial charge in [0.2, 0.25) is 0 Å². The lowest BCUT2D eigenvalue weighted by molar-refractivity contribution is 0.500. The van der Waals surface area contributed by atoms with Gasteiger partial charge in [0.15, 0.2) is 0 Å². The van der Waals surface area contributed by atoms with Crippen molar-refractivity contribution in [2.24, 2.45) is 0 Å². The molecule has 1 saturated carbocycles. The van der Waals surface area contributed by atoms with E-state index < -0.39 is 0 Å². The van der Waals surface area contributed by atoms with Crippen molar-refractivity contribution in [3.05, 3.63) is 48.3 Å². The smallest absolute Gasteiger partial charge is 0.0645 e. The average molecular weight is 270 g/mol. The molecule has 1 heterocycles. The van der Waals surface area contributed by atoms with E-state index in [2.05, 4.69) is 41.0 Å². The van der Waals surface area contributed by atoms with Crippen molar-refractivity contribution < 1.29 is 0 Å². The second kappa shape index (κ2) is 6.20. The molecule has 3 rings (SSSR count). The van der Waals surface area contributed by atoms with Crippen LogP contribution in [0.3, 0.4) is 0 Å². The first-order valence-corrected chi connectivity index (χ1v) is 7.37. The number of nitrogens with zero attached hydrogens (tertiary/aromatic N) is 2. The van der Waals surface area contributed by atoms with Crippen molar-refractivity contribution in [3.63, 3.8) is 0 Å². The number of benzene rings is 1. The molecular formula is C16H22N4. The van der Waals surface area contributed by atoms with Gasteiger partial charge in [0.05, 0.1) is 11.9 Å². The number of aromatic nitrogens is 2. The second-order valence-electron chi connectivity index (χ2n) is 5.59. The van der Waals surface area contributed by atoms with Crippen LogP contribution in [0.2, 0.25) is 0 Å². The van der Waals surface area contributed by atoms with E-state index in [-0.39, 0.29) is 0 Å². The van der Waals surface area contributed by atoms with Gasteiger partial charge in [0, 0.05) is 36.9 Å². The number of rotatable bonds is 7. The molecule has 0 spiro atoms. The van der Waals surface area contributed by atoms with Crippen molar-refractivity contribution in [3.8, 4) is 5.69 Å². The monoisotopic (exact) mass is 270 g/mol. The maximum atomic E-state index is 4.41. The molecule has 1 aliphatic carbocycles. The van der Waals surface area contributed by atoms with E-state index in [0.29, 0.717) is 6.04 Å². The van der Waals surface area contributed by atoms with Crippen LogP contribution in [-0.2, 0) is 6.54 Å². The molecule has 4 nitrogen and oxygen atoms in total. The fourth-order valence-electron chi connectivity index (χ4n) is 2.17. The Kier molecular flexibility index (Phi) is 4.14. The van der Waals surface area contributed by atoms with Gasteiger partial charge in [0.1, 0.15) is 0 Å². The van der Waals surface area contributed by atoms with Crippen molar-refractivity contribution in [1.29, 1.82) is 0 Å². The van der Waals surface area contributed by atoms with Crippen LogP contribution in [0.25, 0.3) is 5.69 Å². The third-order valence-corrected chi connectivity index (χ3v) is 3.60. The maximum Gasteiger partial charge on any atom is 0.0645 e. The van der Waals surface area contributed by atoms with E-state index >= 15 is 0 Å². The predicted molar refractivity (Wildman–Crippen MR) is 80.9 cm³/mol. The first-order valence-electron chi connectivity index (χ1n) is 7.37. The van der Waals surface area contributed by atoms with E-state index in [1.807, 2.05) is 29.1 Å². The van der Waals surface area contributed by atoms with Gasteiger partial charge in [-0.1, -0.05) is 18.2 Å². The molecule has 1 aromatic carbocycles. The van der Waals surface area contributed by atoms with E-state index in [9.17, 15) is 0 Å². The highest BCUT2D eigenvalue weighted by Gasteiger charge is 2.20. The highest BCUT2D eigenvalue weighted by Crippen LogP contribution is 2.18. The van der Waals surface area contributed by atoms with Crippen LogP contribution in [-0.4, -0.2) is 28.4 Å². The lowest BCUT2D eigenvalue weighted by Gasteiger charge is -2.13. The summed E-state index contributed by atoms with van der Waals surface area (Å²) < 4.78 is 1.92. The Bertz CT molecular complexity index is 530. The van der Waals surface area contributed by atoms with Gasteiger partial charge in [0.25, 0.3) is 0 Å². The fourth-order valence-corrected chi connectivity index (χ4v) is 2.17. The van der Waals surface area contributed by atoms with Gasteiger partial charge in [-0.15, -0.1) is 0 Å². The van der Waals surface area contributed by atoms with Gasteiger partial charge in [-0.05, 0) is 31.9 Å². The van der Waals surface area contributed by atoms with Crippen molar-refractivity contribution in [2.45, 2.75) is 38.4 Å². The standard InChI is InChI=1S/C16H22N4/c1-13(9-18-15-7-8-15)17-10-14-11-19-20(12-14)16-5-3-2-4-6-16/h2-6,11-13,15,17-18H,7-10H2,1H3. The number of para-hydroxylation sites is 1. The summed E-state index contributed by atoms with van der Waals surface area (Å²) in [7, 11) is 0. The Morgan fingerprint density at radius 1 is 1.30 bits per heavy atom. The first-order chi connectivity index (χ1) is 9.81. The lowest BCUT2D eigenvalue weighted by Crippen LogP contribution is -2.36. The van der Waals surface area contributed by atoms with Crippen LogP contribution in [0, 0.1) is 0 Å². The van der Waals surface area contributed by atoms with Crippen LogP contribution in [0.15, 0.2) is 42.7 Å². The molecule has 1 atom stereocenters. The normalized spacial score (nSPS) is 16.2. The van der Waals surface area contributed by atoms with Crippen molar-refractivity contribution >= 4 is 0 Å². The van der Waals surface area contributed by atoms with E-state index in [1.165, 1.54) is 18.4 Å². The topological polar surface area (TPSA) is 41.9 Å². The Hall–Kier alpha value is -1.65. The summed E-state index contributed by atoms with van der Waals surface area (Å²) in [5.74, 6) is 0. The van der Waals surface area contributed by atoms with Crippen LogP contribution in [0.4, 0.5) is 0 Å². The molecule has 2 N–H and O–H groups in total. The summed E-state index contributed by atoms with van der Waals surface area (Å²) in [5, 5.41) is 11.5. The molecule has 0 radical (unpaired) electrons. The second-order valence-corrected chi connectivity index (χ2v) is 5.59. The van der Waals surface area contributed by atoms with E-state index in [4.69, 9.17) is 0 Å². The summed E-state index contributed by atoms with van der Waals surface area (Å²) in [6.45, 7) is 4.12. The third-order valence-electron chi connectivity index (χ3n) is 3.60. The van der Waals surface area contributed by atoms with Crippen molar-refractivity contribution in [2.75, 3.05) is 6.54 Å². The summed E-state index contributed by atoms with van der Waals surface area (Å²) in [6.07, 6.45) is 6.71. The minimum absolute atomic E-state index is 0.482. The van der Waals surface area contributed by atoms with Crippen LogP contribution in [0.1, 0.15) is 25.3 Å². The Morgan fingerprint density at radius 3 is 2.85 bits per heavy atom. The first kappa shape index (κ1) is 13.3. The summed E-state index contributed by atoms with van der Waals surface area (Å²) in [4.78, 5) is 0. The van der Waals surface area contributed by atoms with Gasteiger partial charge >= 0.3 is 0 Å². The minimum Gasteiger partial charge on any atom is -0.312 e. The average Bonchev–Trinajstić information content (AvgIpc) is 3.20. The van der Waals surface area contributed by atoms with Gasteiger partial charge in [-0.2, -0.15) is 5.10 Å². The molecule has 1 unspecified atom stereocenters. The summed E-state index contributed by atoms with van der Waals surface area (Å²) in [5.41, 5.74) is 2.31. The maximum absolute atomic E-state index is 4.41. The van der Waals surface area contributed by atoms with Gasteiger partial charge < -0.3 is 10.6 Å². The summed E-state index contributed by atoms with van der Waals surface area (Å²) in [6, 6.07) is 11.5. The molecule has 2 aromatic rings. The Balaban J connectivity index is 1.49. The number of nitrogens with one attached hydrogen (secondary N) is 2. The predicted octanol–water partition coefficient (Wildman–Crippen LogP) is 2.10. The third kappa shape index (κ3) is 3.68. The molecule has 106 valence electrons. The molecule has 4 heteroatoms. The molecule has 1 aliphatic rings. The van der Waals surface area contributed by atoms with Gasteiger partial charge in [-0.25, -0.2) is 4.68 Å². The molecule has 0 bridgehead atoms. The SMILES string of the molecule is CC(CNC1CC1)NCc1cnn(-c2ccccc2)c1. The molecule has 20 heavy (non-hydrogen) atoms. The molecule has 0 aliphatic heterocycles. The zero-order chi connectivity index (χ0) is 13.8. The van der Waals surface area contributed by atoms with E-state index in [0.717, 1.165) is 24.8 Å². The van der Waals surface area contributed by atoms with Crippen molar-refractivity contribution in [1.82, 2.24) is 20.4 Å². The van der Waals surface area contributed by atoms with E-state index in [1.54, 1.807) is 0 Å². The molecule has 0 saturated heterocycles. The highest BCUT2D eigenvalue weighted by molar-refractivity contribution is 5.30. The molecular weight excluding hydrogens is 248 g/mol. The minimum atomic E-state index is 0.482. The van der Waals surface area contributed by atoms with Gasteiger partial charge in [-0.3, -0.25) is 0 Å². The molecule has 0 amide bonds. The van der Waals surface area contributed by atoms with Crippen LogP contribution in [0.5, 0.6) is 0 Å². The highest BCUT2D eigenvalue weighted by atomic mass is 15.3. The molecule has 1 aromatic heterocycles. The number of hydrogen-bond donors (Lipinski definition) is 2. The molecule has 1 fully saturated rings. The zero-order valence-electron chi connectivity index (χ0n) is 11.9. The quantitative estimate of drug-likeness (QED) is 0.809. The van der Waals surface area contributed by atoms with Crippen LogP contribution < -0.4 is 10.6 Å². The summed E-state index contributed by atoms with van der Waals surface area (Å²) >= 11 is 0. The Morgan fingerprint density at radius 2 is 2.10 bits per heavy atom. The zero-order valence-corrected chi connectivity index (χ0v) is 11.9. The fraction of sp³-hybridized carbons (Fsp3) is 0.438. The lowest BCUT2D eigenvalue weighted by atomic mass is 10.3. The number of hydrogen-bond acceptors (Lipinski definition) is 3. The Labute approximate surface area is 120 Å².